The Morgan fingerprint density at radius 3 is 2.91 bits per heavy atom. The second kappa shape index (κ2) is 8.11. The van der Waals surface area contributed by atoms with Gasteiger partial charge in [-0.05, 0) is 35.1 Å². The number of fused-ring (bicyclic) bond motifs is 1. The quantitative estimate of drug-likeness (QED) is 0.874. The highest BCUT2D eigenvalue weighted by molar-refractivity contribution is 7.99. The fraction of sp³-hybridized carbons (Fsp3) is 0.389. The Hall–Kier alpha value is -1.88. The Morgan fingerprint density at radius 1 is 1.13 bits per heavy atom. The molecule has 5 heteroatoms. The van der Waals surface area contributed by atoms with Crippen LogP contribution in [-0.2, 0) is 0 Å². The molecular weight excluding hydrogens is 308 g/mol. The number of hydrogen-bond donors (Lipinski definition) is 1. The number of thioether (sulfide) groups is 1. The Kier molecular flexibility index (Phi) is 5.64. The van der Waals surface area contributed by atoms with Crippen molar-refractivity contribution >= 4 is 28.6 Å². The normalized spacial score (nSPS) is 15.2. The lowest BCUT2D eigenvalue weighted by Crippen LogP contribution is -2.42. The number of rotatable bonds is 4. The summed E-state index contributed by atoms with van der Waals surface area (Å²) in [6, 6.07) is 14.3. The number of benzene rings is 2. The van der Waals surface area contributed by atoms with Gasteiger partial charge in [-0.3, -0.25) is 0 Å². The molecule has 2 aromatic carbocycles. The van der Waals surface area contributed by atoms with Crippen LogP contribution >= 0.6 is 11.8 Å². The minimum Gasteiger partial charge on any atom is -0.492 e. The zero-order valence-corrected chi connectivity index (χ0v) is 14.0. The molecule has 4 nitrogen and oxygen atoms in total. The van der Waals surface area contributed by atoms with Crippen molar-refractivity contribution in [2.75, 3.05) is 37.7 Å². The van der Waals surface area contributed by atoms with Gasteiger partial charge in [0.1, 0.15) is 12.4 Å². The van der Waals surface area contributed by atoms with Crippen molar-refractivity contribution in [2.24, 2.45) is 0 Å². The molecule has 0 atom stereocenters. The number of nitrogens with zero attached hydrogens (tertiary/aromatic N) is 1. The topological polar surface area (TPSA) is 41.6 Å². The number of ether oxygens (including phenoxy) is 1. The molecule has 1 aliphatic rings. The predicted molar refractivity (Wildman–Crippen MR) is 96.4 cm³/mol. The second-order valence-corrected chi connectivity index (χ2v) is 6.77. The number of hydrogen-bond acceptors (Lipinski definition) is 3. The smallest absolute Gasteiger partial charge is 0.317 e. The number of nitrogens with one attached hydrogen (secondary N) is 1. The van der Waals surface area contributed by atoms with Crippen LogP contribution in [0.1, 0.15) is 6.42 Å². The van der Waals surface area contributed by atoms with Gasteiger partial charge in [-0.2, -0.15) is 11.8 Å². The number of carbonyl (C=O) groups excluding carboxylic acids is 1. The van der Waals surface area contributed by atoms with Gasteiger partial charge in [0.25, 0.3) is 0 Å². The summed E-state index contributed by atoms with van der Waals surface area (Å²) in [6.07, 6.45) is 1.08. The molecular formula is C18H22N2O2S. The van der Waals surface area contributed by atoms with E-state index in [-0.39, 0.29) is 6.03 Å². The average Bonchev–Trinajstić information content (AvgIpc) is 2.88. The van der Waals surface area contributed by atoms with Gasteiger partial charge in [-0.25, -0.2) is 4.79 Å². The third kappa shape index (κ3) is 4.55. The lowest BCUT2D eigenvalue weighted by molar-refractivity contribution is 0.198. The molecule has 1 N–H and O–H groups in total. The number of carbonyl (C=O) groups is 1. The summed E-state index contributed by atoms with van der Waals surface area (Å²) < 4.78 is 5.74. The first-order valence-electron chi connectivity index (χ1n) is 8.05. The Bertz CT molecular complexity index is 654. The van der Waals surface area contributed by atoms with Gasteiger partial charge >= 0.3 is 6.03 Å². The highest BCUT2D eigenvalue weighted by atomic mass is 32.2. The third-order valence-corrected chi connectivity index (χ3v) is 4.93. The monoisotopic (exact) mass is 330 g/mol. The molecule has 3 rings (SSSR count). The van der Waals surface area contributed by atoms with Crippen LogP contribution in [-0.4, -0.2) is 48.7 Å². The first-order valence-corrected chi connectivity index (χ1v) is 9.20. The maximum Gasteiger partial charge on any atom is 0.317 e. The van der Waals surface area contributed by atoms with Crippen LogP contribution < -0.4 is 10.1 Å². The highest BCUT2D eigenvalue weighted by Crippen LogP contribution is 2.20. The molecule has 1 aliphatic heterocycles. The first kappa shape index (κ1) is 16.0. The molecule has 0 spiro atoms. The zero-order chi connectivity index (χ0) is 15.9. The van der Waals surface area contributed by atoms with E-state index < -0.39 is 0 Å². The first-order chi connectivity index (χ1) is 11.3. The van der Waals surface area contributed by atoms with E-state index in [0.717, 1.165) is 42.2 Å². The molecule has 1 fully saturated rings. The fourth-order valence-corrected chi connectivity index (χ4v) is 3.53. The van der Waals surface area contributed by atoms with Crippen molar-refractivity contribution < 1.29 is 9.53 Å². The number of amides is 2. The van der Waals surface area contributed by atoms with Crippen molar-refractivity contribution in [3.63, 3.8) is 0 Å². The summed E-state index contributed by atoms with van der Waals surface area (Å²) in [5.74, 6) is 3.01. The standard InChI is InChI=1S/C18H22N2O2S/c21-18(20-9-3-12-23-13-10-20)19-8-11-22-17-7-6-15-4-1-2-5-16(15)14-17/h1-2,4-7,14H,3,8-13H2,(H,19,21). The van der Waals surface area contributed by atoms with E-state index in [1.807, 2.05) is 40.9 Å². The Labute approximate surface area is 141 Å². The van der Waals surface area contributed by atoms with Crippen molar-refractivity contribution in [1.29, 1.82) is 0 Å². The van der Waals surface area contributed by atoms with Crippen molar-refractivity contribution in [1.82, 2.24) is 10.2 Å². The van der Waals surface area contributed by atoms with Crippen molar-refractivity contribution in [3.8, 4) is 5.75 Å². The minimum absolute atomic E-state index is 0.0228. The molecule has 2 aromatic rings. The average molecular weight is 330 g/mol. The van der Waals surface area contributed by atoms with E-state index in [1.54, 1.807) is 0 Å². The number of urea groups is 1. The van der Waals surface area contributed by atoms with Crippen LogP contribution in [0.15, 0.2) is 42.5 Å². The maximum absolute atomic E-state index is 12.1. The SMILES string of the molecule is O=C(NCCOc1ccc2ccccc2c1)N1CCCSCC1. The molecule has 1 saturated heterocycles. The van der Waals surface area contributed by atoms with E-state index in [9.17, 15) is 4.79 Å². The van der Waals surface area contributed by atoms with Crippen molar-refractivity contribution in [3.05, 3.63) is 42.5 Å². The third-order valence-electron chi connectivity index (χ3n) is 3.88. The van der Waals surface area contributed by atoms with Gasteiger partial charge in [0, 0.05) is 18.8 Å². The van der Waals surface area contributed by atoms with Crippen LogP contribution in [0.4, 0.5) is 4.79 Å². The van der Waals surface area contributed by atoms with Gasteiger partial charge < -0.3 is 15.0 Å². The van der Waals surface area contributed by atoms with Crippen LogP contribution in [0.5, 0.6) is 5.75 Å². The molecule has 0 radical (unpaired) electrons. The summed E-state index contributed by atoms with van der Waals surface area (Å²) >= 11 is 1.92. The predicted octanol–water partition coefficient (Wildman–Crippen LogP) is 3.37. The van der Waals surface area contributed by atoms with Crippen LogP contribution in [0.25, 0.3) is 10.8 Å². The summed E-state index contributed by atoms with van der Waals surface area (Å²) in [5, 5.41) is 5.30. The van der Waals surface area contributed by atoms with Gasteiger partial charge in [-0.15, -0.1) is 0 Å². The molecule has 0 unspecified atom stereocenters. The van der Waals surface area contributed by atoms with Crippen LogP contribution in [0, 0.1) is 0 Å². The molecule has 0 saturated carbocycles. The highest BCUT2D eigenvalue weighted by Gasteiger charge is 2.14. The van der Waals surface area contributed by atoms with E-state index in [1.165, 1.54) is 5.39 Å². The Morgan fingerprint density at radius 2 is 2.00 bits per heavy atom. The van der Waals surface area contributed by atoms with E-state index in [4.69, 9.17) is 4.74 Å². The van der Waals surface area contributed by atoms with E-state index in [2.05, 4.69) is 23.5 Å². The van der Waals surface area contributed by atoms with E-state index >= 15 is 0 Å². The fourth-order valence-electron chi connectivity index (χ4n) is 2.65. The molecule has 122 valence electrons. The largest absolute Gasteiger partial charge is 0.492 e. The summed E-state index contributed by atoms with van der Waals surface area (Å²) in [5.41, 5.74) is 0. The van der Waals surface area contributed by atoms with Gasteiger partial charge in [0.05, 0.1) is 6.54 Å². The lowest BCUT2D eigenvalue weighted by atomic mass is 10.1. The molecule has 0 aliphatic carbocycles. The zero-order valence-electron chi connectivity index (χ0n) is 13.2. The molecule has 1 heterocycles. The minimum atomic E-state index is 0.0228. The summed E-state index contributed by atoms with van der Waals surface area (Å²) in [4.78, 5) is 14.0. The van der Waals surface area contributed by atoms with E-state index in [0.29, 0.717) is 13.2 Å². The van der Waals surface area contributed by atoms with Gasteiger partial charge in [0.2, 0.25) is 0 Å². The van der Waals surface area contributed by atoms with Gasteiger partial charge in [0.15, 0.2) is 0 Å². The summed E-state index contributed by atoms with van der Waals surface area (Å²) in [6.45, 7) is 2.69. The molecule has 2 amide bonds. The van der Waals surface area contributed by atoms with Gasteiger partial charge in [-0.1, -0.05) is 30.3 Å². The van der Waals surface area contributed by atoms with Crippen LogP contribution in [0.2, 0.25) is 0 Å². The Balaban J connectivity index is 1.44. The second-order valence-electron chi connectivity index (χ2n) is 5.54. The summed E-state index contributed by atoms with van der Waals surface area (Å²) in [7, 11) is 0. The maximum atomic E-state index is 12.1. The van der Waals surface area contributed by atoms with Crippen LogP contribution in [0.3, 0.4) is 0 Å². The lowest BCUT2D eigenvalue weighted by Gasteiger charge is -2.20. The molecule has 23 heavy (non-hydrogen) atoms. The molecule has 0 bridgehead atoms. The van der Waals surface area contributed by atoms with Crippen molar-refractivity contribution in [2.45, 2.75) is 6.42 Å². The molecule has 0 aromatic heterocycles.